The molecule has 0 aliphatic carbocycles. The molecule has 0 atom stereocenters. The van der Waals surface area contributed by atoms with E-state index in [-0.39, 0.29) is 10.9 Å². The number of H-pyrrole nitrogens is 1. The molecule has 0 spiro atoms. The summed E-state index contributed by atoms with van der Waals surface area (Å²) in [5.74, 6) is 0. The van der Waals surface area contributed by atoms with Crippen molar-refractivity contribution in [3.05, 3.63) is 41.7 Å². The first-order valence-corrected chi connectivity index (χ1v) is 7.32. The lowest BCUT2D eigenvalue weighted by atomic mass is 10.1. The number of aromatic nitrogens is 3. The van der Waals surface area contributed by atoms with Crippen LogP contribution in [0.1, 0.15) is 20.8 Å². The van der Waals surface area contributed by atoms with Crippen LogP contribution in [0.25, 0.3) is 22.3 Å². The minimum atomic E-state index is -0.668. The Kier molecular flexibility index (Phi) is 3.78. The summed E-state index contributed by atoms with van der Waals surface area (Å²) in [6.45, 7) is 5.30. The highest BCUT2D eigenvalue weighted by atomic mass is 16.8. The minimum absolute atomic E-state index is 0.0408. The molecular weight excluding hydrogens is 312 g/mol. The lowest BCUT2D eigenvalue weighted by Gasteiger charge is -2.21. The van der Waals surface area contributed by atoms with E-state index in [9.17, 15) is 10.0 Å². The minimum Gasteiger partial charge on any atom is -0.733 e. The van der Waals surface area contributed by atoms with Gasteiger partial charge in [-0.15, -0.1) is 0 Å². The second kappa shape index (κ2) is 5.66. The van der Waals surface area contributed by atoms with Gasteiger partial charge in [0.05, 0.1) is 16.9 Å². The number of carbonyl (C=O) groups is 1. The van der Waals surface area contributed by atoms with E-state index in [0.717, 1.165) is 4.68 Å². The topological polar surface area (TPSA) is 106 Å². The molecular formula is C16H17N4O4-. The fraction of sp³-hybridized carbons (Fsp3) is 0.250. The Balaban J connectivity index is 2.19. The van der Waals surface area contributed by atoms with Gasteiger partial charge in [0.1, 0.15) is 11.3 Å². The van der Waals surface area contributed by atoms with E-state index < -0.39 is 11.7 Å². The van der Waals surface area contributed by atoms with E-state index >= 15 is 0 Å². The smallest absolute Gasteiger partial charge is 0.435 e. The summed E-state index contributed by atoms with van der Waals surface area (Å²) < 4.78 is 6.52. The molecule has 0 aliphatic rings. The number of rotatable bonds is 2. The number of benzene rings is 1. The molecule has 0 amide bonds. The number of hydrogen-bond donors (Lipinski definition) is 2. The Labute approximate surface area is 137 Å². The zero-order chi connectivity index (χ0) is 17.5. The maximum atomic E-state index is 12.4. The summed E-state index contributed by atoms with van der Waals surface area (Å²) in [6.07, 6.45) is 1.10. The first-order chi connectivity index (χ1) is 11.3. The number of nitrogens with one attached hydrogen (secondary N) is 1. The predicted octanol–water partition coefficient (Wildman–Crippen LogP) is 3.51. The number of aromatic amines is 1. The Morgan fingerprint density at radius 1 is 1.38 bits per heavy atom. The zero-order valence-corrected chi connectivity index (χ0v) is 13.5. The highest BCUT2D eigenvalue weighted by Gasteiger charge is 2.23. The molecule has 0 saturated carbocycles. The van der Waals surface area contributed by atoms with Gasteiger partial charge in [0, 0.05) is 11.6 Å². The fourth-order valence-electron chi connectivity index (χ4n) is 2.35. The molecule has 0 unspecified atom stereocenters. The van der Waals surface area contributed by atoms with Gasteiger partial charge in [-0.25, -0.2) is 4.79 Å². The summed E-state index contributed by atoms with van der Waals surface area (Å²) >= 11 is 0. The average Bonchev–Trinajstić information content (AvgIpc) is 3.11. The molecule has 2 N–H and O–H groups in total. The zero-order valence-electron chi connectivity index (χ0n) is 13.5. The van der Waals surface area contributed by atoms with Crippen LogP contribution in [0, 0.1) is 5.21 Å². The van der Waals surface area contributed by atoms with E-state index in [2.05, 4.69) is 10.1 Å². The van der Waals surface area contributed by atoms with Gasteiger partial charge in [-0.05, 0) is 51.1 Å². The lowest BCUT2D eigenvalue weighted by Crippen LogP contribution is -2.27. The van der Waals surface area contributed by atoms with Crippen LogP contribution in [0.3, 0.4) is 0 Å². The second-order valence-electron chi connectivity index (χ2n) is 6.30. The molecule has 126 valence electrons. The summed E-state index contributed by atoms with van der Waals surface area (Å²) in [6, 6.07) is 7.99. The molecule has 0 bridgehead atoms. The molecule has 8 heteroatoms. The Morgan fingerprint density at radius 3 is 2.71 bits per heavy atom. The molecule has 0 saturated heterocycles. The Morgan fingerprint density at radius 2 is 2.12 bits per heavy atom. The number of anilines is 1. The number of ether oxygens (including phenoxy) is 1. The van der Waals surface area contributed by atoms with Crippen LogP contribution in [-0.2, 0) is 4.74 Å². The van der Waals surface area contributed by atoms with Crippen molar-refractivity contribution < 1.29 is 14.7 Å². The summed E-state index contributed by atoms with van der Waals surface area (Å²) in [5.41, 5.74) is 0.997. The van der Waals surface area contributed by atoms with Gasteiger partial charge in [-0.2, -0.15) is 9.78 Å². The number of carbonyl (C=O) groups excluding carboxylic acids is 1. The molecule has 24 heavy (non-hydrogen) atoms. The Bertz CT molecular complexity index is 875. The van der Waals surface area contributed by atoms with Crippen molar-refractivity contribution in [1.82, 2.24) is 14.8 Å². The first-order valence-electron chi connectivity index (χ1n) is 7.32. The maximum absolute atomic E-state index is 12.4. The Hall–Kier alpha value is -2.84. The molecule has 3 aromatic rings. The first kappa shape index (κ1) is 16.0. The lowest BCUT2D eigenvalue weighted by molar-refractivity contribution is 0.0523. The molecule has 2 aromatic heterocycles. The van der Waals surface area contributed by atoms with E-state index in [1.165, 1.54) is 18.2 Å². The molecule has 8 nitrogen and oxygen atoms in total. The molecule has 0 fully saturated rings. The highest BCUT2D eigenvalue weighted by molar-refractivity contribution is 5.98. The number of nitrogens with zero attached hydrogens (tertiary/aromatic N) is 3. The third kappa shape index (κ3) is 2.97. The van der Waals surface area contributed by atoms with Gasteiger partial charge in [-0.3, -0.25) is 5.21 Å². The molecule has 0 aliphatic heterocycles. The predicted molar refractivity (Wildman–Crippen MR) is 88.8 cm³/mol. The van der Waals surface area contributed by atoms with Crippen molar-refractivity contribution in [2.45, 2.75) is 26.4 Å². The maximum Gasteiger partial charge on any atom is 0.435 e. The normalized spacial score (nSPS) is 11.7. The number of fused-ring (bicyclic) bond motifs is 1. The SMILES string of the molecule is CC(C)(C)OC(=O)n1nc(-c2ccc[nH]2)c2cc(N([O-])O)ccc21. The van der Waals surface area contributed by atoms with Crippen molar-refractivity contribution in [2.75, 3.05) is 5.23 Å². The van der Waals surface area contributed by atoms with Gasteiger partial charge in [-0.1, -0.05) is 0 Å². The highest BCUT2D eigenvalue weighted by Crippen LogP contribution is 2.30. The van der Waals surface area contributed by atoms with Crippen LogP contribution in [0.15, 0.2) is 36.5 Å². The standard InChI is InChI=1S/C16H17N4O4/c1-16(2,3)24-15(21)19-13-7-6-10(20(22)23)9-11(13)14(18-19)12-5-4-8-17-12/h4-9,17,22H,1-3H3/q-1. The van der Waals surface area contributed by atoms with Crippen LogP contribution in [0.5, 0.6) is 0 Å². The van der Waals surface area contributed by atoms with E-state index in [1.54, 1.807) is 39.1 Å². The van der Waals surface area contributed by atoms with Crippen molar-refractivity contribution >= 4 is 22.7 Å². The van der Waals surface area contributed by atoms with Crippen molar-refractivity contribution in [2.24, 2.45) is 0 Å². The van der Waals surface area contributed by atoms with Crippen molar-refractivity contribution in [3.8, 4) is 11.4 Å². The van der Waals surface area contributed by atoms with Crippen LogP contribution in [0.2, 0.25) is 0 Å². The summed E-state index contributed by atoms with van der Waals surface area (Å²) in [5, 5.41) is 24.9. The van der Waals surface area contributed by atoms with Gasteiger partial charge >= 0.3 is 6.09 Å². The van der Waals surface area contributed by atoms with E-state index in [0.29, 0.717) is 22.3 Å². The van der Waals surface area contributed by atoms with Crippen molar-refractivity contribution in [1.29, 1.82) is 0 Å². The molecule has 3 rings (SSSR count). The quantitative estimate of drug-likeness (QED) is 0.697. The fourth-order valence-corrected chi connectivity index (χ4v) is 2.35. The van der Waals surface area contributed by atoms with Crippen molar-refractivity contribution in [3.63, 3.8) is 0 Å². The molecule has 0 radical (unpaired) electrons. The average molecular weight is 329 g/mol. The second-order valence-corrected chi connectivity index (χ2v) is 6.30. The molecule has 2 heterocycles. The third-order valence-corrected chi connectivity index (χ3v) is 3.30. The van der Waals surface area contributed by atoms with E-state index in [4.69, 9.17) is 9.94 Å². The van der Waals surface area contributed by atoms with E-state index in [1.807, 2.05) is 0 Å². The van der Waals surface area contributed by atoms with Crippen LogP contribution < -0.4 is 5.23 Å². The third-order valence-electron chi connectivity index (χ3n) is 3.30. The summed E-state index contributed by atoms with van der Waals surface area (Å²) in [4.78, 5) is 15.4. The van der Waals surface area contributed by atoms with Gasteiger partial charge in [0.15, 0.2) is 0 Å². The monoisotopic (exact) mass is 329 g/mol. The van der Waals surface area contributed by atoms with Gasteiger partial charge in [0.2, 0.25) is 0 Å². The van der Waals surface area contributed by atoms with Gasteiger partial charge in [0.25, 0.3) is 0 Å². The van der Waals surface area contributed by atoms with Gasteiger partial charge < -0.3 is 20.2 Å². The van der Waals surface area contributed by atoms with Crippen LogP contribution in [0.4, 0.5) is 10.5 Å². The summed E-state index contributed by atoms with van der Waals surface area (Å²) in [7, 11) is 0. The molecule has 1 aromatic carbocycles. The number of hydrogen-bond acceptors (Lipinski definition) is 6. The largest absolute Gasteiger partial charge is 0.733 e. The van der Waals surface area contributed by atoms with Crippen LogP contribution in [-0.4, -0.2) is 31.7 Å². The van der Waals surface area contributed by atoms with Crippen LogP contribution >= 0.6 is 0 Å².